The summed E-state index contributed by atoms with van der Waals surface area (Å²) in [5, 5.41) is 8.52. The lowest BCUT2D eigenvalue weighted by Gasteiger charge is -2.27. The van der Waals surface area contributed by atoms with Gasteiger partial charge in [-0.1, -0.05) is 30.3 Å². The third-order valence-corrected chi connectivity index (χ3v) is 3.85. The van der Waals surface area contributed by atoms with Crippen LogP contribution in [-0.2, 0) is 13.1 Å². The molecule has 0 atom stereocenters. The van der Waals surface area contributed by atoms with Crippen molar-refractivity contribution in [3.05, 3.63) is 60.4 Å². The molecule has 7 heteroatoms. The van der Waals surface area contributed by atoms with Crippen LogP contribution < -0.4 is 0 Å². The summed E-state index contributed by atoms with van der Waals surface area (Å²) in [7, 11) is 0. The quantitative estimate of drug-likeness (QED) is 0.715. The number of amides is 1. The zero-order chi connectivity index (χ0) is 15.6. The van der Waals surface area contributed by atoms with E-state index >= 15 is 0 Å². The van der Waals surface area contributed by atoms with Crippen LogP contribution in [0.15, 0.2) is 48.9 Å². The monoisotopic (exact) mass is 306 g/mol. The Morgan fingerprint density at radius 3 is 2.70 bits per heavy atom. The highest BCUT2D eigenvalue weighted by atomic mass is 16.2. The van der Waals surface area contributed by atoms with Gasteiger partial charge in [-0.25, -0.2) is 4.98 Å². The molecule has 23 heavy (non-hydrogen) atoms. The van der Waals surface area contributed by atoms with E-state index in [0.717, 1.165) is 17.2 Å². The molecule has 0 fully saturated rings. The van der Waals surface area contributed by atoms with Crippen LogP contribution in [0, 0.1) is 0 Å². The van der Waals surface area contributed by atoms with E-state index in [1.165, 1.54) is 12.4 Å². The normalized spacial score (nSPS) is 13.7. The number of hydrogen-bond acceptors (Lipinski definition) is 5. The highest BCUT2D eigenvalue weighted by molar-refractivity contribution is 5.91. The van der Waals surface area contributed by atoms with Crippen LogP contribution in [-0.4, -0.2) is 42.1 Å². The molecule has 0 spiro atoms. The van der Waals surface area contributed by atoms with Crippen molar-refractivity contribution in [2.45, 2.75) is 13.1 Å². The van der Waals surface area contributed by atoms with E-state index in [1.54, 1.807) is 11.1 Å². The van der Waals surface area contributed by atoms with Crippen LogP contribution in [0.25, 0.3) is 11.4 Å². The van der Waals surface area contributed by atoms with Crippen molar-refractivity contribution in [1.82, 2.24) is 29.6 Å². The van der Waals surface area contributed by atoms with Crippen LogP contribution in [0.4, 0.5) is 0 Å². The molecule has 7 nitrogen and oxygen atoms in total. The van der Waals surface area contributed by atoms with Gasteiger partial charge in [0.15, 0.2) is 11.6 Å². The minimum Gasteiger partial charge on any atom is -0.328 e. The number of hydrogen-bond donors (Lipinski definition) is 0. The van der Waals surface area contributed by atoms with E-state index in [0.29, 0.717) is 25.3 Å². The van der Waals surface area contributed by atoms with Gasteiger partial charge < -0.3 is 9.47 Å². The number of fused-ring (bicyclic) bond motifs is 1. The Morgan fingerprint density at radius 2 is 1.91 bits per heavy atom. The Morgan fingerprint density at radius 1 is 1.04 bits per heavy atom. The zero-order valence-corrected chi connectivity index (χ0v) is 12.3. The molecule has 2 aromatic heterocycles. The van der Waals surface area contributed by atoms with E-state index in [1.807, 2.05) is 30.3 Å². The fourth-order valence-corrected chi connectivity index (χ4v) is 2.70. The van der Waals surface area contributed by atoms with E-state index in [-0.39, 0.29) is 5.91 Å². The van der Waals surface area contributed by atoms with Crippen molar-refractivity contribution in [3.8, 4) is 11.4 Å². The van der Waals surface area contributed by atoms with Gasteiger partial charge in [0.25, 0.3) is 5.91 Å². The maximum atomic E-state index is 12.5. The molecule has 0 radical (unpaired) electrons. The molecular weight excluding hydrogens is 292 g/mol. The van der Waals surface area contributed by atoms with Gasteiger partial charge in [0.05, 0.1) is 12.7 Å². The largest absolute Gasteiger partial charge is 0.328 e. The number of aromatic nitrogens is 5. The Balaban J connectivity index is 1.60. The van der Waals surface area contributed by atoms with Gasteiger partial charge in [0.1, 0.15) is 5.69 Å². The van der Waals surface area contributed by atoms with Gasteiger partial charge in [-0.2, -0.15) is 0 Å². The Labute approximate surface area is 132 Å². The topological polar surface area (TPSA) is 76.8 Å². The number of benzene rings is 1. The lowest BCUT2D eigenvalue weighted by Crippen LogP contribution is -2.39. The van der Waals surface area contributed by atoms with Gasteiger partial charge in [-0.05, 0) is 0 Å². The maximum absolute atomic E-state index is 12.5. The summed E-state index contributed by atoms with van der Waals surface area (Å²) in [5.41, 5.74) is 1.38. The van der Waals surface area contributed by atoms with Crippen molar-refractivity contribution in [2.75, 3.05) is 6.54 Å². The van der Waals surface area contributed by atoms with Crippen molar-refractivity contribution in [2.24, 2.45) is 0 Å². The highest BCUT2D eigenvalue weighted by Gasteiger charge is 2.26. The fourth-order valence-electron chi connectivity index (χ4n) is 2.70. The summed E-state index contributed by atoms with van der Waals surface area (Å²) in [4.78, 5) is 22.2. The first kappa shape index (κ1) is 13.6. The van der Waals surface area contributed by atoms with Crippen LogP contribution in [0.5, 0.6) is 0 Å². The van der Waals surface area contributed by atoms with Crippen molar-refractivity contribution >= 4 is 5.91 Å². The summed E-state index contributed by atoms with van der Waals surface area (Å²) < 4.78 is 2.07. The standard InChI is InChI=1S/C16H14N6O/c23-16(13-10-17-6-7-18-13)21-8-9-22-14(11-21)19-20-15(22)12-4-2-1-3-5-12/h1-7,10H,8-9,11H2. The second kappa shape index (κ2) is 5.60. The molecule has 3 heterocycles. The smallest absolute Gasteiger partial charge is 0.274 e. The van der Waals surface area contributed by atoms with Crippen molar-refractivity contribution in [1.29, 1.82) is 0 Å². The number of carbonyl (C=O) groups excluding carboxylic acids is 1. The molecule has 1 aliphatic heterocycles. The third-order valence-electron chi connectivity index (χ3n) is 3.85. The fraction of sp³-hybridized carbons (Fsp3) is 0.188. The summed E-state index contributed by atoms with van der Waals surface area (Å²) in [5.74, 6) is 1.49. The molecule has 1 aliphatic rings. The first-order chi connectivity index (χ1) is 11.3. The first-order valence-electron chi connectivity index (χ1n) is 7.36. The molecule has 0 aliphatic carbocycles. The molecule has 0 unspecified atom stereocenters. The average molecular weight is 306 g/mol. The summed E-state index contributed by atoms with van der Waals surface area (Å²) >= 11 is 0. The molecule has 0 N–H and O–H groups in total. The predicted molar refractivity (Wildman–Crippen MR) is 82.2 cm³/mol. The highest BCUT2D eigenvalue weighted by Crippen LogP contribution is 2.21. The van der Waals surface area contributed by atoms with Gasteiger partial charge >= 0.3 is 0 Å². The molecule has 4 rings (SSSR count). The minimum atomic E-state index is -0.131. The van der Waals surface area contributed by atoms with Gasteiger partial charge in [-0.3, -0.25) is 9.78 Å². The number of rotatable bonds is 2. The Kier molecular flexibility index (Phi) is 3.30. The van der Waals surface area contributed by atoms with Crippen molar-refractivity contribution in [3.63, 3.8) is 0 Å². The Hall–Kier alpha value is -3.09. The Bertz CT molecular complexity index is 830. The average Bonchev–Trinajstić information content (AvgIpc) is 3.06. The van der Waals surface area contributed by atoms with Crippen molar-refractivity contribution < 1.29 is 4.79 Å². The lowest BCUT2D eigenvalue weighted by molar-refractivity contribution is 0.0701. The molecule has 114 valence electrons. The lowest BCUT2D eigenvalue weighted by atomic mass is 10.2. The summed E-state index contributed by atoms with van der Waals surface area (Å²) in [6.07, 6.45) is 4.56. The van der Waals surface area contributed by atoms with Crippen LogP contribution >= 0.6 is 0 Å². The number of carbonyl (C=O) groups is 1. The molecule has 0 saturated heterocycles. The maximum Gasteiger partial charge on any atom is 0.274 e. The van der Waals surface area contributed by atoms with Gasteiger partial charge in [-0.15, -0.1) is 10.2 Å². The predicted octanol–water partition coefficient (Wildman–Crippen LogP) is 1.39. The van der Waals surface area contributed by atoms with E-state index in [4.69, 9.17) is 0 Å². The minimum absolute atomic E-state index is 0.131. The molecule has 0 saturated carbocycles. The van der Waals surface area contributed by atoms with Crippen LogP contribution in [0.2, 0.25) is 0 Å². The second-order valence-electron chi connectivity index (χ2n) is 5.27. The van der Waals surface area contributed by atoms with Crippen LogP contribution in [0.3, 0.4) is 0 Å². The second-order valence-corrected chi connectivity index (χ2v) is 5.27. The molecule has 0 bridgehead atoms. The van der Waals surface area contributed by atoms with E-state index in [2.05, 4.69) is 24.7 Å². The van der Waals surface area contributed by atoms with Crippen LogP contribution in [0.1, 0.15) is 16.3 Å². The third kappa shape index (κ3) is 2.46. The SMILES string of the molecule is O=C(c1cnccn1)N1CCn2c(nnc2-c2ccccc2)C1. The summed E-state index contributed by atoms with van der Waals surface area (Å²) in [6, 6.07) is 9.94. The molecular formula is C16H14N6O. The molecule has 1 amide bonds. The van der Waals surface area contributed by atoms with E-state index < -0.39 is 0 Å². The first-order valence-corrected chi connectivity index (χ1v) is 7.36. The molecule has 1 aromatic carbocycles. The number of nitrogens with zero attached hydrogens (tertiary/aromatic N) is 6. The van der Waals surface area contributed by atoms with Gasteiger partial charge in [0.2, 0.25) is 0 Å². The van der Waals surface area contributed by atoms with Gasteiger partial charge in [0, 0.05) is 31.0 Å². The zero-order valence-electron chi connectivity index (χ0n) is 12.3. The summed E-state index contributed by atoms with van der Waals surface area (Å²) in [6.45, 7) is 1.69. The molecule has 3 aromatic rings. The van der Waals surface area contributed by atoms with E-state index in [9.17, 15) is 4.79 Å².